The minimum Gasteiger partial charge on any atom is -0.491 e. The molecule has 0 radical (unpaired) electrons. The molecule has 0 bridgehead atoms. The van der Waals surface area contributed by atoms with Crippen molar-refractivity contribution in [2.24, 2.45) is 0 Å². The first kappa shape index (κ1) is 28.3. The van der Waals surface area contributed by atoms with Crippen LogP contribution in [0.15, 0.2) is 64.5 Å². The van der Waals surface area contributed by atoms with Gasteiger partial charge < -0.3 is 19.7 Å². The summed E-state index contributed by atoms with van der Waals surface area (Å²) in [5.74, 6) is 0.323. The molecule has 1 fully saturated rings. The number of para-hydroxylation sites is 1. The molecule has 0 spiro atoms. The lowest BCUT2D eigenvalue weighted by Gasteiger charge is -2.30. The Morgan fingerprint density at radius 3 is 2.60 bits per heavy atom. The van der Waals surface area contributed by atoms with E-state index < -0.39 is 0 Å². The molecule has 2 aromatic carbocycles. The van der Waals surface area contributed by atoms with E-state index in [1.807, 2.05) is 30.3 Å². The van der Waals surface area contributed by atoms with Crippen molar-refractivity contribution in [1.29, 1.82) is 0 Å². The van der Waals surface area contributed by atoms with Crippen LogP contribution >= 0.6 is 11.8 Å². The van der Waals surface area contributed by atoms with Gasteiger partial charge in [0.15, 0.2) is 5.16 Å². The summed E-state index contributed by atoms with van der Waals surface area (Å²) in [4.78, 5) is 33.4. The summed E-state index contributed by atoms with van der Waals surface area (Å²) in [5.41, 5.74) is 2.17. The van der Waals surface area contributed by atoms with Crippen LogP contribution in [0, 0.1) is 5.82 Å². The van der Waals surface area contributed by atoms with E-state index in [9.17, 15) is 14.0 Å². The summed E-state index contributed by atoms with van der Waals surface area (Å²) in [5, 5.41) is 4.50. The van der Waals surface area contributed by atoms with E-state index in [1.54, 1.807) is 33.4 Å². The van der Waals surface area contributed by atoms with Gasteiger partial charge >= 0.3 is 0 Å². The smallest absolute Gasteiger partial charge is 0.264 e. The number of hydrogen-bond acceptors (Lipinski definition) is 7. The van der Waals surface area contributed by atoms with Crippen molar-refractivity contribution >= 4 is 17.7 Å². The van der Waals surface area contributed by atoms with Crippen LogP contribution < -0.4 is 15.6 Å². The Kier molecular flexibility index (Phi) is 9.85. The van der Waals surface area contributed by atoms with Crippen molar-refractivity contribution in [3.63, 3.8) is 0 Å². The number of halogens is 1. The summed E-state index contributed by atoms with van der Waals surface area (Å²) in [6.45, 7) is 3.28. The lowest BCUT2D eigenvalue weighted by Crippen LogP contribution is -2.42. The van der Waals surface area contributed by atoms with Crippen LogP contribution in [0.3, 0.4) is 0 Å². The number of carbonyl (C=O) groups is 1. The first-order valence-corrected chi connectivity index (χ1v) is 14.8. The Bertz CT molecular complexity index is 1330. The summed E-state index contributed by atoms with van der Waals surface area (Å²) >= 11 is 1.70. The Hall–Kier alpha value is -3.21. The number of carbonyl (C=O) groups excluding carboxylic acids is 1. The van der Waals surface area contributed by atoms with E-state index in [0.29, 0.717) is 75.4 Å². The first-order valence-electron chi connectivity index (χ1n) is 13.9. The molecule has 1 aliphatic carbocycles. The van der Waals surface area contributed by atoms with E-state index in [1.165, 1.54) is 18.6 Å². The average molecular weight is 567 g/mol. The molecular weight excluding hydrogens is 531 g/mol. The van der Waals surface area contributed by atoms with E-state index in [4.69, 9.17) is 14.5 Å². The standard InChI is InChI=1S/C30H35FN4O4S/c31-22-9-11-24(12-10-22)39-20-19-38-18-16-32-15-13-28(36)34-17-14-27-26(21-34)29(37)35(23-5-2-1-3-6-23)30(33-27)40-25-7-4-8-25/h1-3,5-6,9-12,25,32H,4,7-8,13-21H2. The van der Waals surface area contributed by atoms with E-state index >= 15 is 0 Å². The number of amides is 1. The molecule has 0 atom stereocenters. The van der Waals surface area contributed by atoms with Gasteiger partial charge in [0.1, 0.15) is 18.2 Å². The number of nitrogens with one attached hydrogen (secondary N) is 1. The number of nitrogens with zero attached hydrogens (tertiary/aromatic N) is 3. The monoisotopic (exact) mass is 566 g/mol. The van der Waals surface area contributed by atoms with Gasteiger partial charge in [0.2, 0.25) is 5.91 Å². The largest absolute Gasteiger partial charge is 0.491 e. The van der Waals surface area contributed by atoms with E-state index in [0.717, 1.165) is 29.4 Å². The zero-order valence-corrected chi connectivity index (χ0v) is 23.3. The molecule has 3 aromatic rings. The highest BCUT2D eigenvalue weighted by Crippen LogP contribution is 2.36. The molecule has 0 unspecified atom stereocenters. The maximum Gasteiger partial charge on any atom is 0.264 e. The summed E-state index contributed by atoms with van der Waals surface area (Å²) in [6, 6.07) is 15.5. The van der Waals surface area contributed by atoms with Crippen LogP contribution in [0.4, 0.5) is 4.39 Å². The predicted octanol–water partition coefficient (Wildman–Crippen LogP) is 3.98. The summed E-state index contributed by atoms with van der Waals surface area (Å²) in [6.07, 6.45) is 4.47. The zero-order chi connectivity index (χ0) is 27.7. The molecule has 212 valence electrons. The minimum atomic E-state index is -0.297. The topological polar surface area (TPSA) is 85.7 Å². The molecule has 0 saturated heterocycles. The predicted molar refractivity (Wildman–Crippen MR) is 153 cm³/mol. The molecule has 8 nitrogen and oxygen atoms in total. The minimum absolute atomic E-state index is 0.0188. The number of hydrogen-bond donors (Lipinski definition) is 1. The van der Waals surface area contributed by atoms with Gasteiger partial charge in [-0.05, 0) is 49.2 Å². The molecule has 1 amide bonds. The lowest BCUT2D eigenvalue weighted by molar-refractivity contribution is -0.132. The van der Waals surface area contributed by atoms with Crippen molar-refractivity contribution in [2.75, 3.05) is 39.5 Å². The summed E-state index contributed by atoms with van der Waals surface area (Å²) < 4.78 is 25.7. The quantitative estimate of drug-likeness (QED) is 0.248. The van der Waals surface area contributed by atoms with Gasteiger partial charge in [0, 0.05) is 37.7 Å². The molecule has 2 aliphatic rings. The first-order chi connectivity index (χ1) is 19.6. The van der Waals surface area contributed by atoms with Crippen molar-refractivity contribution < 1.29 is 18.7 Å². The van der Waals surface area contributed by atoms with Gasteiger partial charge in [-0.3, -0.25) is 14.2 Å². The number of benzene rings is 2. The highest BCUT2D eigenvalue weighted by atomic mass is 32.2. The van der Waals surface area contributed by atoms with Gasteiger partial charge in [0.05, 0.1) is 36.7 Å². The molecule has 2 heterocycles. The van der Waals surface area contributed by atoms with Gasteiger partial charge in [-0.2, -0.15) is 0 Å². The fraction of sp³-hybridized carbons (Fsp3) is 0.433. The zero-order valence-electron chi connectivity index (χ0n) is 22.5. The van der Waals surface area contributed by atoms with Crippen LogP contribution in [0.25, 0.3) is 5.69 Å². The molecular formula is C30H35FN4O4S. The second-order valence-corrected chi connectivity index (χ2v) is 11.2. The van der Waals surface area contributed by atoms with Gasteiger partial charge in [0.25, 0.3) is 5.56 Å². The van der Waals surface area contributed by atoms with Gasteiger partial charge in [-0.15, -0.1) is 0 Å². The van der Waals surface area contributed by atoms with Gasteiger partial charge in [-0.1, -0.05) is 36.4 Å². The molecule has 1 N–H and O–H groups in total. The average Bonchev–Trinajstić information content (AvgIpc) is 2.95. The van der Waals surface area contributed by atoms with Crippen LogP contribution in [0.1, 0.15) is 36.9 Å². The molecule has 1 saturated carbocycles. The number of rotatable bonds is 13. The number of thioether (sulfide) groups is 1. The number of fused-ring (bicyclic) bond motifs is 1. The molecule has 1 aromatic heterocycles. The molecule has 40 heavy (non-hydrogen) atoms. The third-order valence-electron chi connectivity index (χ3n) is 7.14. The van der Waals surface area contributed by atoms with Crippen molar-refractivity contribution in [2.45, 2.75) is 49.1 Å². The Balaban J connectivity index is 1.08. The van der Waals surface area contributed by atoms with Gasteiger partial charge in [-0.25, -0.2) is 9.37 Å². The Morgan fingerprint density at radius 2 is 1.85 bits per heavy atom. The Labute approximate surface area is 237 Å². The molecule has 5 rings (SSSR count). The highest BCUT2D eigenvalue weighted by molar-refractivity contribution is 7.99. The van der Waals surface area contributed by atoms with Crippen LogP contribution in [-0.2, 0) is 22.5 Å². The molecule has 10 heteroatoms. The maximum absolute atomic E-state index is 13.7. The third-order valence-corrected chi connectivity index (χ3v) is 8.43. The second-order valence-electron chi connectivity index (χ2n) is 9.95. The Morgan fingerprint density at radius 1 is 1.05 bits per heavy atom. The normalized spacial score (nSPS) is 15.0. The van der Waals surface area contributed by atoms with Crippen LogP contribution in [0.2, 0.25) is 0 Å². The number of aromatic nitrogens is 2. The maximum atomic E-state index is 13.7. The van der Waals surface area contributed by atoms with Crippen LogP contribution in [0.5, 0.6) is 5.75 Å². The highest BCUT2D eigenvalue weighted by Gasteiger charge is 2.28. The third kappa shape index (κ3) is 7.30. The fourth-order valence-electron chi connectivity index (χ4n) is 4.66. The second kappa shape index (κ2) is 13.9. The fourth-order valence-corrected chi connectivity index (χ4v) is 5.99. The van der Waals surface area contributed by atoms with Crippen molar-refractivity contribution in [3.05, 3.63) is 82.0 Å². The SMILES string of the molecule is O=C(CCNCCOCCOc1ccc(F)cc1)N1CCc2nc(SC3CCC3)n(-c3ccccc3)c(=O)c2C1. The van der Waals surface area contributed by atoms with E-state index in [-0.39, 0.29) is 17.3 Å². The van der Waals surface area contributed by atoms with E-state index in [2.05, 4.69) is 5.32 Å². The molecule has 1 aliphatic heterocycles. The lowest BCUT2D eigenvalue weighted by atomic mass is 10.0. The van der Waals surface area contributed by atoms with Crippen molar-refractivity contribution in [1.82, 2.24) is 19.8 Å². The van der Waals surface area contributed by atoms with Crippen molar-refractivity contribution in [3.8, 4) is 11.4 Å². The number of ether oxygens (including phenoxy) is 2. The summed E-state index contributed by atoms with van der Waals surface area (Å²) in [7, 11) is 0. The van der Waals surface area contributed by atoms with Crippen LogP contribution in [-0.4, -0.2) is 65.1 Å².